The number of hydrogen-bond acceptors (Lipinski definition) is 2. The van der Waals surface area contributed by atoms with Crippen molar-refractivity contribution in [1.29, 1.82) is 0 Å². The summed E-state index contributed by atoms with van der Waals surface area (Å²) in [4.78, 5) is 22.5. The summed E-state index contributed by atoms with van der Waals surface area (Å²) < 4.78 is 0. The van der Waals surface area contributed by atoms with Crippen LogP contribution in [0.15, 0.2) is 0 Å². The van der Waals surface area contributed by atoms with E-state index in [9.17, 15) is 9.59 Å². The van der Waals surface area contributed by atoms with Crippen molar-refractivity contribution in [2.24, 2.45) is 0 Å². The summed E-state index contributed by atoms with van der Waals surface area (Å²) in [6, 6.07) is 0.198. The third-order valence-corrected chi connectivity index (χ3v) is 1.70. The van der Waals surface area contributed by atoms with E-state index in [1.807, 2.05) is 0 Å². The first-order chi connectivity index (χ1) is 5.11. The lowest BCUT2D eigenvalue weighted by Crippen LogP contribution is -2.35. The quantitative estimate of drug-likeness (QED) is 0.631. The Morgan fingerprint density at radius 1 is 1.55 bits per heavy atom. The lowest BCUT2D eigenvalue weighted by molar-refractivity contribution is -0.144. The molecular formula is C7H11NO3. The van der Waals surface area contributed by atoms with Crippen molar-refractivity contribution in [2.75, 3.05) is 6.54 Å². The third kappa shape index (κ3) is 2.22. The van der Waals surface area contributed by atoms with E-state index < -0.39 is 5.97 Å². The average Bonchev–Trinajstić information content (AvgIpc) is 2.63. The highest BCUT2D eigenvalue weighted by Gasteiger charge is 2.31. The zero-order valence-electron chi connectivity index (χ0n) is 6.41. The van der Waals surface area contributed by atoms with Crippen molar-refractivity contribution in [1.82, 2.24) is 4.90 Å². The summed E-state index contributed by atoms with van der Waals surface area (Å²) in [6.07, 6.45) is 1.90. The summed E-state index contributed by atoms with van der Waals surface area (Å²) in [6.45, 7) is 1.25. The van der Waals surface area contributed by atoms with Crippen LogP contribution in [0.3, 0.4) is 0 Å². The SMILES string of the molecule is CC(=O)N(CC(=O)O)C1CC1. The lowest BCUT2D eigenvalue weighted by Gasteiger charge is -2.17. The molecule has 1 aliphatic rings. The monoisotopic (exact) mass is 157 g/mol. The number of rotatable bonds is 3. The van der Waals surface area contributed by atoms with Crippen molar-refractivity contribution in [3.63, 3.8) is 0 Å². The first-order valence-electron chi connectivity index (χ1n) is 3.60. The van der Waals surface area contributed by atoms with E-state index in [-0.39, 0.29) is 18.5 Å². The van der Waals surface area contributed by atoms with Gasteiger partial charge >= 0.3 is 5.97 Å². The van der Waals surface area contributed by atoms with Crippen molar-refractivity contribution in [3.8, 4) is 0 Å². The lowest BCUT2D eigenvalue weighted by atomic mass is 10.4. The van der Waals surface area contributed by atoms with Gasteiger partial charge in [-0.2, -0.15) is 0 Å². The smallest absolute Gasteiger partial charge is 0.323 e. The zero-order chi connectivity index (χ0) is 8.43. The van der Waals surface area contributed by atoms with Crippen molar-refractivity contribution in [2.45, 2.75) is 25.8 Å². The topological polar surface area (TPSA) is 57.6 Å². The maximum atomic E-state index is 10.8. The second-order valence-corrected chi connectivity index (χ2v) is 2.77. The minimum Gasteiger partial charge on any atom is -0.480 e. The fourth-order valence-corrected chi connectivity index (χ4v) is 1.03. The number of hydrogen-bond donors (Lipinski definition) is 1. The van der Waals surface area contributed by atoms with Crippen LogP contribution in [0.1, 0.15) is 19.8 Å². The van der Waals surface area contributed by atoms with Crippen LogP contribution in [0.5, 0.6) is 0 Å². The zero-order valence-corrected chi connectivity index (χ0v) is 6.41. The highest BCUT2D eigenvalue weighted by atomic mass is 16.4. The van der Waals surface area contributed by atoms with Crippen LogP contribution in [0.2, 0.25) is 0 Å². The van der Waals surface area contributed by atoms with Crippen molar-refractivity contribution < 1.29 is 14.7 Å². The molecule has 0 bridgehead atoms. The van der Waals surface area contributed by atoms with Gasteiger partial charge in [0.15, 0.2) is 0 Å². The van der Waals surface area contributed by atoms with Gasteiger partial charge in [0.25, 0.3) is 0 Å². The first-order valence-corrected chi connectivity index (χ1v) is 3.60. The standard InChI is InChI=1S/C7H11NO3/c1-5(9)8(4-7(10)11)6-2-3-6/h6H,2-4H2,1H3,(H,10,11). The third-order valence-electron chi connectivity index (χ3n) is 1.70. The Balaban J connectivity index is 2.45. The fourth-order valence-electron chi connectivity index (χ4n) is 1.03. The molecule has 1 rings (SSSR count). The first kappa shape index (κ1) is 8.04. The van der Waals surface area contributed by atoms with Crippen LogP contribution in [0, 0.1) is 0 Å². The summed E-state index contributed by atoms with van der Waals surface area (Å²) >= 11 is 0. The van der Waals surface area contributed by atoms with Crippen LogP contribution in [0.4, 0.5) is 0 Å². The number of aliphatic carboxylic acids is 1. The van der Waals surface area contributed by atoms with E-state index in [0.717, 1.165) is 12.8 Å². The van der Waals surface area contributed by atoms with Crippen LogP contribution in [-0.2, 0) is 9.59 Å². The van der Waals surface area contributed by atoms with E-state index in [1.54, 1.807) is 0 Å². The second-order valence-electron chi connectivity index (χ2n) is 2.77. The number of carboxylic acids is 1. The Hall–Kier alpha value is -1.06. The number of carbonyl (C=O) groups is 2. The Bertz CT molecular complexity index is 186. The van der Waals surface area contributed by atoms with E-state index >= 15 is 0 Å². The Morgan fingerprint density at radius 3 is 2.36 bits per heavy atom. The van der Waals surface area contributed by atoms with Crippen LogP contribution in [0.25, 0.3) is 0 Å². The van der Waals surface area contributed by atoms with Gasteiger partial charge < -0.3 is 10.0 Å². The highest BCUT2D eigenvalue weighted by Crippen LogP contribution is 2.26. The fraction of sp³-hybridized carbons (Fsp3) is 0.714. The molecule has 0 aliphatic heterocycles. The van der Waals surface area contributed by atoms with Gasteiger partial charge in [0.05, 0.1) is 0 Å². The van der Waals surface area contributed by atoms with Gasteiger partial charge in [0.1, 0.15) is 6.54 Å². The van der Waals surface area contributed by atoms with Crippen LogP contribution in [-0.4, -0.2) is 34.5 Å². The van der Waals surface area contributed by atoms with Crippen molar-refractivity contribution in [3.05, 3.63) is 0 Å². The van der Waals surface area contributed by atoms with Gasteiger partial charge in [-0.15, -0.1) is 0 Å². The molecule has 0 aromatic rings. The molecule has 1 amide bonds. The summed E-state index contributed by atoms with van der Waals surface area (Å²) in [5.41, 5.74) is 0. The van der Waals surface area contributed by atoms with Gasteiger partial charge in [-0.3, -0.25) is 9.59 Å². The van der Waals surface area contributed by atoms with Crippen molar-refractivity contribution >= 4 is 11.9 Å². The molecule has 0 radical (unpaired) electrons. The summed E-state index contributed by atoms with van der Waals surface area (Å²) in [5.74, 6) is -1.08. The molecule has 0 spiro atoms. The van der Waals surface area contributed by atoms with E-state index in [4.69, 9.17) is 5.11 Å². The van der Waals surface area contributed by atoms with E-state index in [2.05, 4.69) is 0 Å². The minimum absolute atomic E-state index is 0.144. The maximum absolute atomic E-state index is 10.8. The van der Waals surface area contributed by atoms with Gasteiger partial charge in [-0.1, -0.05) is 0 Å². The van der Waals surface area contributed by atoms with Gasteiger partial charge in [0.2, 0.25) is 5.91 Å². The van der Waals surface area contributed by atoms with E-state index in [0.29, 0.717) is 0 Å². The number of amides is 1. The van der Waals surface area contributed by atoms with Gasteiger partial charge in [0, 0.05) is 13.0 Å². The normalized spacial score (nSPS) is 16.1. The van der Waals surface area contributed by atoms with Crippen LogP contribution < -0.4 is 0 Å². The largest absolute Gasteiger partial charge is 0.480 e. The molecule has 1 aliphatic carbocycles. The van der Waals surface area contributed by atoms with Gasteiger partial charge in [-0.25, -0.2) is 0 Å². The molecule has 62 valence electrons. The number of carboxylic acid groups (broad SMARTS) is 1. The number of nitrogens with zero attached hydrogens (tertiary/aromatic N) is 1. The Morgan fingerprint density at radius 2 is 2.09 bits per heavy atom. The molecule has 0 heterocycles. The highest BCUT2D eigenvalue weighted by molar-refractivity contribution is 5.80. The number of carbonyl (C=O) groups excluding carboxylic acids is 1. The van der Waals surface area contributed by atoms with Gasteiger partial charge in [-0.05, 0) is 12.8 Å². The summed E-state index contributed by atoms with van der Waals surface area (Å²) in [7, 11) is 0. The Kier molecular flexibility index (Phi) is 2.12. The molecule has 1 N–H and O–H groups in total. The molecule has 0 aromatic carbocycles. The second kappa shape index (κ2) is 2.90. The molecule has 0 aromatic heterocycles. The molecule has 4 heteroatoms. The maximum Gasteiger partial charge on any atom is 0.323 e. The molecule has 0 unspecified atom stereocenters. The van der Waals surface area contributed by atoms with Crippen LogP contribution >= 0.6 is 0 Å². The van der Waals surface area contributed by atoms with E-state index in [1.165, 1.54) is 11.8 Å². The molecule has 4 nitrogen and oxygen atoms in total. The average molecular weight is 157 g/mol. The molecule has 0 saturated heterocycles. The molecule has 0 atom stereocenters. The molecule has 1 fully saturated rings. The molecular weight excluding hydrogens is 146 g/mol. The molecule has 1 saturated carbocycles. The predicted molar refractivity (Wildman–Crippen MR) is 38.0 cm³/mol. The summed E-state index contributed by atoms with van der Waals surface area (Å²) in [5, 5.41) is 8.42. The Labute approximate surface area is 64.8 Å². The predicted octanol–water partition coefficient (Wildman–Crippen LogP) is 0.0819. The minimum atomic E-state index is -0.938. The molecule has 11 heavy (non-hydrogen) atoms.